The second-order valence-electron chi connectivity index (χ2n) is 6.79. The standard InChI is InChI=1S/C19H17Cl6N3OS/c1-18(2,10-6-4-3-5-7-10)16(29)27-15(19(23,24)25)28-17(30)26-13-9-11(20)8-12(21)14(13)22/h3-9,15H,1-2H3,(H,27,29)(H2,26,28,30). The van der Waals surface area contributed by atoms with Crippen molar-refractivity contribution in [2.75, 3.05) is 5.32 Å². The van der Waals surface area contributed by atoms with E-state index in [9.17, 15) is 4.79 Å². The van der Waals surface area contributed by atoms with Crippen LogP contribution in [-0.2, 0) is 10.2 Å². The second-order valence-corrected chi connectivity index (χ2v) is 10.8. The van der Waals surface area contributed by atoms with Gasteiger partial charge >= 0.3 is 0 Å². The van der Waals surface area contributed by atoms with Gasteiger partial charge in [0.15, 0.2) is 5.11 Å². The van der Waals surface area contributed by atoms with Crippen LogP contribution >= 0.6 is 81.8 Å². The molecule has 2 aromatic rings. The lowest BCUT2D eigenvalue weighted by Gasteiger charge is -2.32. The van der Waals surface area contributed by atoms with Crippen LogP contribution in [-0.4, -0.2) is 21.0 Å². The first kappa shape index (κ1) is 25.6. The molecule has 0 aromatic heterocycles. The van der Waals surface area contributed by atoms with E-state index in [1.54, 1.807) is 13.8 Å². The Morgan fingerprint density at radius 1 is 1.00 bits per heavy atom. The fourth-order valence-electron chi connectivity index (χ4n) is 2.43. The van der Waals surface area contributed by atoms with Crippen molar-refractivity contribution >= 4 is 98.5 Å². The molecule has 0 saturated carbocycles. The number of rotatable bonds is 5. The zero-order chi connectivity index (χ0) is 22.7. The number of halogens is 6. The fourth-order valence-corrected chi connectivity index (χ4v) is 3.64. The first-order chi connectivity index (χ1) is 13.8. The molecule has 0 bridgehead atoms. The summed E-state index contributed by atoms with van der Waals surface area (Å²) in [7, 11) is 0. The first-order valence-corrected chi connectivity index (χ1v) is 11.1. The van der Waals surface area contributed by atoms with E-state index in [0.29, 0.717) is 10.7 Å². The zero-order valence-corrected chi connectivity index (χ0v) is 21.1. The van der Waals surface area contributed by atoms with Crippen LogP contribution in [0.15, 0.2) is 42.5 Å². The van der Waals surface area contributed by atoms with E-state index < -0.39 is 15.4 Å². The van der Waals surface area contributed by atoms with Gasteiger partial charge in [0, 0.05) is 5.02 Å². The molecule has 0 saturated heterocycles. The van der Waals surface area contributed by atoms with Crippen molar-refractivity contribution in [3.05, 3.63) is 63.1 Å². The van der Waals surface area contributed by atoms with E-state index >= 15 is 0 Å². The van der Waals surface area contributed by atoms with Gasteiger partial charge in [-0.25, -0.2) is 0 Å². The molecule has 11 heteroatoms. The molecule has 3 N–H and O–H groups in total. The van der Waals surface area contributed by atoms with Crippen LogP contribution < -0.4 is 16.0 Å². The van der Waals surface area contributed by atoms with E-state index in [0.717, 1.165) is 5.56 Å². The highest BCUT2D eigenvalue weighted by Crippen LogP contribution is 2.34. The average molecular weight is 548 g/mol. The molecule has 0 spiro atoms. The molecular weight excluding hydrogens is 531 g/mol. The van der Waals surface area contributed by atoms with Gasteiger partial charge < -0.3 is 16.0 Å². The van der Waals surface area contributed by atoms with E-state index in [1.165, 1.54) is 12.1 Å². The van der Waals surface area contributed by atoms with Crippen LogP contribution in [0.4, 0.5) is 5.69 Å². The van der Waals surface area contributed by atoms with Gasteiger partial charge in [-0.2, -0.15) is 0 Å². The molecule has 0 heterocycles. The summed E-state index contributed by atoms with van der Waals surface area (Å²) in [6.07, 6.45) is -1.15. The summed E-state index contributed by atoms with van der Waals surface area (Å²) >= 11 is 41.6. The predicted molar refractivity (Wildman–Crippen MR) is 133 cm³/mol. The van der Waals surface area contributed by atoms with Gasteiger partial charge in [-0.1, -0.05) is 99.9 Å². The molecule has 1 amide bonds. The SMILES string of the molecule is CC(C)(C(=O)NC(NC(=S)Nc1cc(Cl)cc(Cl)c1Cl)C(Cl)(Cl)Cl)c1ccccc1. The minimum Gasteiger partial charge on any atom is -0.339 e. The highest BCUT2D eigenvalue weighted by atomic mass is 35.6. The third kappa shape index (κ3) is 6.67. The number of hydrogen-bond donors (Lipinski definition) is 3. The molecular formula is C19H17Cl6N3OS. The topological polar surface area (TPSA) is 53.2 Å². The number of thiocarbonyl (C=S) groups is 1. The predicted octanol–water partition coefficient (Wildman–Crippen LogP) is 6.72. The third-order valence-electron chi connectivity index (χ3n) is 4.18. The van der Waals surface area contributed by atoms with E-state index in [-0.39, 0.29) is 21.1 Å². The summed E-state index contributed by atoms with van der Waals surface area (Å²) in [5.41, 5.74) is 0.257. The maximum absolute atomic E-state index is 13.0. The lowest BCUT2D eigenvalue weighted by Crippen LogP contribution is -2.59. The summed E-state index contributed by atoms with van der Waals surface area (Å²) in [6.45, 7) is 3.52. The molecule has 2 rings (SSSR count). The van der Waals surface area contributed by atoms with Crippen LogP contribution in [0.3, 0.4) is 0 Å². The minimum absolute atomic E-state index is 0.0318. The molecule has 0 aliphatic rings. The lowest BCUT2D eigenvalue weighted by atomic mass is 9.83. The normalized spacial score (nSPS) is 12.8. The minimum atomic E-state index is -1.91. The highest BCUT2D eigenvalue weighted by Gasteiger charge is 2.39. The van der Waals surface area contributed by atoms with Crippen molar-refractivity contribution in [1.82, 2.24) is 10.6 Å². The number of amides is 1. The Hall–Kier alpha value is -0.660. The summed E-state index contributed by atoms with van der Waals surface area (Å²) in [4.78, 5) is 13.0. The molecule has 162 valence electrons. The van der Waals surface area contributed by atoms with Crippen LogP contribution in [0.5, 0.6) is 0 Å². The quantitative estimate of drug-likeness (QED) is 0.168. The van der Waals surface area contributed by atoms with Gasteiger partial charge in [0.1, 0.15) is 6.17 Å². The van der Waals surface area contributed by atoms with Gasteiger partial charge in [0.05, 0.1) is 21.1 Å². The molecule has 2 aromatic carbocycles. The van der Waals surface area contributed by atoms with Gasteiger partial charge in [-0.05, 0) is 43.8 Å². The molecule has 0 fully saturated rings. The van der Waals surface area contributed by atoms with Crippen molar-refractivity contribution in [3.8, 4) is 0 Å². The molecule has 1 atom stereocenters. The van der Waals surface area contributed by atoms with Crippen molar-refractivity contribution in [2.24, 2.45) is 0 Å². The van der Waals surface area contributed by atoms with Crippen LogP contribution in [0.25, 0.3) is 0 Å². The van der Waals surface area contributed by atoms with Crippen LogP contribution in [0, 0.1) is 0 Å². The number of nitrogens with one attached hydrogen (secondary N) is 3. The summed E-state index contributed by atoms with van der Waals surface area (Å²) < 4.78 is -1.91. The molecule has 4 nitrogen and oxygen atoms in total. The first-order valence-electron chi connectivity index (χ1n) is 8.47. The number of benzene rings is 2. The summed E-state index contributed by atoms with van der Waals surface area (Å²) in [5, 5.41) is 9.13. The average Bonchev–Trinajstić information content (AvgIpc) is 2.65. The Labute approximate surface area is 210 Å². The van der Waals surface area contributed by atoms with E-state index in [1.807, 2.05) is 30.3 Å². The Kier molecular flexibility index (Phi) is 8.79. The molecule has 30 heavy (non-hydrogen) atoms. The second kappa shape index (κ2) is 10.3. The van der Waals surface area contributed by atoms with E-state index in [4.69, 9.17) is 81.8 Å². The fraction of sp³-hybridized carbons (Fsp3) is 0.263. The molecule has 0 aliphatic heterocycles. The van der Waals surface area contributed by atoms with Crippen LogP contribution in [0.2, 0.25) is 15.1 Å². The maximum Gasteiger partial charge on any atom is 0.231 e. The number of carbonyl (C=O) groups excluding carboxylic acids is 1. The van der Waals surface area contributed by atoms with Crippen molar-refractivity contribution in [3.63, 3.8) is 0 Å². The highest BCUT2D eigenvalue weighted by molar-refractivity contribution is 7.80. The maximum atomic E-state index is 13.0. The number of carbonyl (C=O) groups is 1. The Morgan fingerprint density at radius 3 is 2.17 bits per heavy atom. The number of alkyl halides is 3. The van der Waals surface area contributed by atoms with Crippen molar-refractivity contribution < 1.29 is 4.79 Å². The lowest BCUT2D eigenvalue weighted by molar-refractivity contribution is -0.126. The largest absolute Gasteiger partial charge is 0.339 e. The Bertz CT molecular complexity index is 934. The van der Waals surface area contributed by atoms with Gasteiger partial charge in [0.2, 0.25) is 9.70 Å². The Balaban J connectivity index is 2.17. The smallest absolute Gasteiger partial charge is 0.231 e. The summed E-state index contributed by atoms with van der Waals surface area (Å²) in [6, 6.07) is 12.2. The molecule has 0 radical (unpaired) electrons. The molecule has 0 aliphatic carbocycles. The zero-order valence-electron chi connectivity index (χ0n) is 15.7. The summed E-state index contributed by atoms with van der Waals surface area (Å²) in [5.74, 6) is -0.371. The number of hydrogen-bond acceptors (Lipinski definition) is 2. The van der Waals surface area contributed by atoms with E-state index in [2.05, 4.69) is 16.0 Å². The van der Waals surface area contributed by atoms with Crippen LogP contribution in [0.1, 0.15) is 19.4 Å². The Morgan fingerprint density at radius 2 is 1.60 bits per heavy atom. The monoisotopic (exact) mass is 545 g/mol. The van der Waals surface area contributed by atoms with Crippen molar-refractivity contribution in [2.45, 2.75) is 29.2 Å². The third-order valence-corrected chi connectivity index (χ3v) is 6.08. The number of anilines is 1. The van der Waals surface area contributed by atoms with Gasteiger partial charge in [0.25, 0.3) is 0 Å². The van der Waals surface area contributed by atoms with Crippen molar-refractivity contribution in [1.29, 1.82) is 0 Å². The van der Waals surface area contributed by atoms with Gasteiger partial charge in [-0.15, -0.1) is 0 Å². The van der Waals surface area contributed by atoms with Gasteiger partial charge in [-0.3, -0.25) is 4.79 Å². The molecule has 1 unspecified atom stereocenters.